The number of pyridine rings is 1. The number of anilines is 1. The molecule has 1 aliphatic carbocycles. The topological polar surface area (TPSA) is 68.0 Å². The van der Waals surface area contributed by atoms with Gasteiger partial charge in [0, 0.05) is 17.6 Å². The largest absolute Gasteiger partial charge is 0.398 e. The molecule has 3 rings (SSSR count). The molecular formula is C17H19N3O. The summed E-state index contributed by atoms with van der Waals surface area (Å²) in [4.78, 5) is 16.6. The quantitative estimate of drug-likeness (QED) is 0.889. The van der Waals surface area contributed by atoms with E-state index < -0.39 is 0 Å². The van der Waals surface area contributed by atoms with Gasteiger partial charge in [-0.2, -0.15) is 0 Å². The molecule has 3 N–H and O–H groups in total. The van der Waals surface area contributed by atoms with Gasteiger partial charge in [-0.05, 0) is 43.4 Å². The molecule has 4 heteroatoms. The van der Waals surface area contributed by atoms with Gasteiger partial charge in [0.25, 0.3) is 5.91 Å². The van der Waals surface area contributed by atoms with E-state index in [0.717, 1.165) is 25.0 Å². The number of hydrogen-bond donors (Lipinski definition) is 2. The molecule has 0 fully saturated rings. The molecule has 21 heavy (non-hydrogen) atoms. The number of amides is 1. The second-order valence-electron chi connectivity index (χ2n) is 5.53. The van der Waals surface area contributed by atoms with Crippen molar-refractivity contribution in [1.82, 2.24) is 10.3 Å². The maximum absolute atomic E-state index is 12.4. The molecule has 2 aromatic rings. The van der Waals surface area contributed by atoms with Gasteiger partial charge in [0.2, 0.25) is 0 Å². The minimum absolute atomic E-state index is 0.0585. The van der Waals surface area contributed by atoms with Crippen LogP contribution in [0.15, 0.2) is 36.5 Å². The number of nitrogens with one attached hydrogen (secondary N) is 1. The van der Waals surface area contributed by atoms with Crippen LogP contribution >= 0.6 is 0 Å². The summed E-state index contributed by atoms with van der Waals surface area (Å²) >= 11 is 0. The molecular weight excluding hydrogens is 262 g/mol. The summed E-state index contributed by atoms with van der Waals surface area (Å²) in [5.41, 5.74) is 10.2. The number of aryl methyl sites for hydroxylation is 2. The number of nitrogens with zero attached hydrogens (tertiary/aromatic N) is 1. The monoisotopic (exact) mass is 281 g/mol. The van der Waals surface area contributed by atoms with E-state index >= 15 is 0 Å². The first-order chi connectivity index (χ1) is 10.1. The number of fused-ring (bicyclic) bond motifs is 1. The van der Waals surface area contributed by atoms with Crippen molar-refractivity contribution in [2.24, 2.45) is 0 Å². The van der Waals surface area contributed by atoms with Crippen LogP contribution in [0.4, 0.5) is 5.69 Å². The van der Waals surface area contributed by atoms with Gasteiger partial charge in [0.05, 0.1) is 11.6 Å². The minimum Gasteiger partial charge on any atom is -0.398 e. The lowest BCUT2D eigenvalue weighted by atomic mass is 9.87. The van der Waals surface area contributed by atoms with Crippen molar-refractivity contribution in [2.75, 3.05) is 5.73 Å². The molecule has 1 aromatic carbocycles. The van der Waals surface area contributed by atoms with Gasteiger partial charge in [-0.1, -0.05) is 24.3 Å². The third kappa shape index (κ3) is 2.75. The molecule has 0 bridgehead atoms. The average Bonchev–Trinajstić information content (AvgIpc) is 2.47. The van der Waals surface area contributed by atoms with E-state index in [1.165, 1.54) is 11.1 Å². The van der Waals surface area contributed by atoms with E-state index in [9.17, 15) is 4.79 Å². The summed E-state index contributed by atoms with van der Waals surface area (Å²) in [6.07, 6.45) is 4.68. The molecule has 1 atom stereocenters. The van der Waals surface area contributed by atoms with Crippen molar-refractivity contribution in [3.8, 4) is 0 Å². The van der Waals surface area contributed by atoms with Crippen molar-refractivity contribution in [3.05, 3.63) is 58.9 Å². The van der Waals surface area contributed by atoms with Crippen LogP contribution in [0.3, 0.4) is 0 Å². The van der Waals surface area contributed by atoms with Crippen LogP contribution in [0.25, 0.3) is 0 Å². The number of rotatable bonds is 2. The molecule has 1 heterocycles. The second kappa shape index (κ2) is 5.56. The smallest absolute Gasteiger partial charge is 0.255 e. The van der Waals surface area contributed by atoms with Crippen LogP contribution in [-0.4, -0.2) is 10.9 Å². The fourth-order valence-electron chi connectivity index (χ4n) is 2.91. The van der Waals surface area contributed by atoms with Gasteiger partial charge in [0.15, 0.2) is 0 Å². The summed E-state index contributed by atoms with van der Waals surface area (Å²) in [5.74, 6) is -0.151. The first-order valence-corrected chi connectivity index (χ1v) is 7.26. The zero-order chi connectivity index (χ0) is 14.8. The van der Waals surface area contributed by atoms with Gasteiger partial charge in [0.1, 0.15) is 0 Å². The molecule has 0 saturated carbocycles. The normalized spacial score (nSPS) is 17.1. The number of hydrogen-bond acceptors (Lipinski definition) is 3. The standard InChI is InChI=1S/C17H19N3O/c1-11-9-15(18)14(10-19-11)17(21)20-16-8-4-6-12-5-2-3-7-13(12)16/h2-3,5,7,9-10,16H,4,6,8H2,1H3,(H2,18,19)(H,20,21). The summed E-state index contributed by atoms with van der Waals surface area (Å²) in [6, 6.07) is 10.1. The van der Waals surface area contributed by atoms with Gasteiger partial charge >= 0.3 is 0 Å². The lowest BCUT2D eigenvalue weighted by molar-refractivity contribution is 0.0933. The number of benzene rings is 1. The average molecular weight is 281 g/mol. The minimum atomic E-state index is -0.151. The summed E-state index contributed by atoms with van der Waals surface area (Å²) < 4.78 is 0. The Morgan fingerprint density at radius 1 is 1.38 bits per heavy atom. The lowest BCUT2D eigenvalue weighted by Gasteiger charge is -2.26. The maximum Gasteiger partial charge on any atom is 0.255 e. The first kappa shape index (κ1) is 13.6. The predicted molar refractivity (Wildman–Crippen MR) is 83.0 cm³/mol. The highest BCUT2D eigenvalue weighted by Gasteiger charge is 2.22. The molecule has 4 nitrogen and oxygen atoms in total. The number of nitrogen functional groups attached to an aromatic ring is 1. The Morgan fingerprint density at radius 3 is 3.00 bits per heavy atom. The number of aromatic nitrogens is 1. The first-order valence-electron chi connectivity index (χ1n) is 7.26. The molecule has 1 aromatic heterocycles. The fraction of sp³-hybridized carbons (Fsp3) is 0.294. The Kier molecular flexibility index (Phi) is 3.60. The van der Waals surface area contributed by atoms with Crippen molar-refractivity contribution >= 4 is 11.6 Å². The molecule has 0 saturated heterocycles. The van der Waals surface area contributed by atoms with E-state index in [1.54, 1.807) is 12.3 Å². The Hall–Kier alpha value is -2.36. The summed E-state index contributed by atoms with van der Waals surface area (Å²) in [5, 5.41) is 3.09. The van der Waals surface area contributed by atoms with Crippen LogP contribution in [0.5, 0.6) is 0 Å². The third-order valence-corrected chi connectivity index (χ3v) is 3.99. The highest BCUT2D eigenvalue weighted by atomic mass is 16.1. The Balaban J connectivity index is 1.83. The van der Waals surface area contributed by atoms with Crippen LogP contribution in [-0.2, 0) is 6.42 Å². The van der Waals surface area contributed by atoms with Crippen LogP contribution in [0, 0.1) is 6.92 Å². The lowest BCUT2D eigenvalue weighted by Crippen LogP contribution is -2.31. The zero-order valence-electron chi connectivity index (χ0n) is 12.1. The van der Waals surface area contributed by atoms with Crippen molar-refractivity contribution in [2.45, 2.75) is 32.2 Å². The predicted octanol–water partition coefficient (Wildman–Crippen LogP) is 2.78. The Bertz CT molecular complexity index is 681. The van der Waals surface area contributed by atoms with Crippen LogP contribution in [0.1, 0.15) is 46.1 Å². The van der Waals surface area contributed by atoms with E-state index in [-0.39, 0.29) is 11.9 Å². The zero-order valence-corrected chi connectivity index (χ0v) is 12.1. The second-order valence-corrected chi connectivity index (χ2v) is 5.53. The number of carbonyl (C=O) groups is 1. The molecule has 0 radical (unpaired) electrons. The van der Waals surface area contributed by atoms with Gasteiger partial charge in [-0.15, -0.1) is 0 Å². The molecule has 1 unspecified atom stereocenters. The number of carbonyl (C=O) groups excluding carboxylic acids is 1. The van der Waals surface area contributed by atoms with Gasteiger partial charge in [-0.3, -0.25) is 9.78 Å². The molecule has 1 amide bonds. The van der Waals surface area contributed by atoms with Gasteiger partial charge in [-0.25, -0.2) is 0 Å². The Labute approximate surface area is 124 Å². The molecule has 0 spiro atoms. The number of nitrogens with two attached hydrogens (primary N) is 1. The van der Waals surface area contributed by atoms with Crippen LogP contribution < -0.4 is 11.1 Å². The third-order valence-electron chi connectivity index (χ3n) is 3.99. The Morgan fingerprint density at radius 2 is 2.19 bits per heavy atom. The highest BCUT2D eigenvalue weighted by molar-refractivity contribution is 5.99. The molecule has 1 aliphatic rings. The van der Waals surface area contributed by atoms with E-state index in [1.807, 2.05) is 19.1 Å². The van der Waals surface area contributed by atoms with Crippen molar-refractivity contribution in [3.63, 3.8) is 0 Å². The van der Waals surface area contributed by atoms with E-state index in [0.29, 0.717) is 11.3 Å². The highest BCUT2D eigenvalue weighted by Crippen LogP contribution is 2.29. The van der Waals surface area contributed by atoms with Crippen LogP contribution in [0.2, 0.25) is 0 Å². The van der Waals surface area contributed by atoms with E-state index in [4.69, 9.17) is 5.73 Å². The molecule has 0 aliphatic heterocycles. The summed E-state index contributed by atoms with van der Waals surface area (Å²) in [6.45, 7) is 1.86. The maximum atomic E-state index is 12.4. The SMILES string of the molecule is Cc1cc(N)c(C(=O)NC2CCCc3ccccc32)cn1. The van der Waals surface area contributed by atoms with Crippen molar-refractivity contribution < 1.29 is 4.79 Å². The summed E-state index contributed by atoms with van der Waals surface area (Å²) in [7, 11) is 0. The molecule has 108 valence electrons. The van der Waals surface area contributed by atoms with Gasteiger partial charge < -0.3 is 11.1 Å². The fourth-order valence-corrected chi connectivity index (χ4v) is 2.91. The van der Waals surface area contributed by atoms with E-state index in [2.05, 4.69) is 22.4 Å². The van der Waals surface area contributed by atoms with Crippen molar-refractivity contribution in [1.29, 1.82) is 0 Å².